The standard InChI is InChI=1S/C11H8FNO2/c1-7(14)15-9-5-8-3-2-4-13-11(8)10(12)6-9/h2-6H,1H3. The second-order valence-electron chi connectivity index (χ2n) is 3.07. The predicted octanol–water partition coefficient (Wildman–Crippen LogP) is 2.30. The van der Waals surface area contributed by atoms with E-state index in [1.807, 2.05) is 0 Å². The molecule has 0 atom stereocenters. The monoisotopic (exact) mass is 205 g/mol. The first-order valence-electron chi connectivity index (χ1n) is 4.39. The molecule has 0 radical (unpaired) electrons. The molecule has 0 amide bonds. The van der Waals surface area contributed by atoms with Crippen molar-refractivity contribution in [2.24, 2.45) is 0 Å². The Kier molecular flexibility index (Phi) is 2.33. The van der Waals surface area contributed by atoms with E-state index in [0.717, 1.165) is 6.07 Å². The van der Waals surface area contributed by atoms with Crippen molar-refractivity contribution in [2.45, 2.75) is 6.92 Å². The number of halogens is 1. The summed E-state index contributed by atoms with van der Waals surface area (Å²) < 4.78 is 18.2. The zero-order valence-corrected chi connectivity index (χ0v) is 8.03. The van der Waals surface area contributed by atoms with Crippen LogP contribution in [0.25, 0.3) is 10.9 Å². The van der Waals surface area contributed by atoms with Crippen LogP contribution in [0.1, 0.15) is 6.92 Å². The minimum absolute atomic E-state index is 0.195. The van der Waals surface area contributed by atoms with Crippen LogP contribution in [-0.4, -0.2) is 11.0 Å². The molecule has 1 aromatic carbocycles. The summed E-state index contributed by atoms with van der Waals surface area (Å²) in [5, 5.41) is 0.605. The van der Waals surface area contributed by atoms with Crippen LogP contribution in [-0.2, 0) is 4.79 Å². The smallest absolute Gasteiger partial charge is 0.308 e. The highest BCUT2D eigenvalue weighted by atomic mass is 19.1. The molecule has 0 fully saturated rings. The highest BCUT2D eigenvalue weighted by Crippen LogP contribution is 2.22. The second kappa shape index (κ2) is 3.65. The number of aromatic nitrogens is 1. The molecule has 1 heterocycles. The molecule has 1 aromatic heterocycles. The van der Waals surface area contributed by atoms with Crippen molar-refractivity contribution >= 4 is 16.9 Å². The number of hydrogen-bond acceptors (Lipinski definition) is 3. The third-order valence-electron chi connectivity index (χ3n) is 1.89. The Balaban J connectivity index is 2.57. The average molecular weight is 205 g/mol. The average Bonchev–Trinajstić information content (AvgIpc) is 2.16. The van der Waals surface area contributed by atoms with E-state index in [1.165, 1.54) is 13.1 Å². The number of pyridine rings is 1. The summed E-state index contributed by atoms with van der Waals surface area (Å²) in [7, 11) is 0. The number of hydrogen-bond donors (Lipinski definition) is 0. The maximum absolute atomic E-state index is 13.4. The third kappa shape index (κ3) is 1.93. The van der Waals surface area contributed by atoms with E-state index >= 15 is 0 Å². The fourth-order valence-electron chi connectivity index (χ4n) is 1.35. The highest BCUT2D eigenvalue weighted by molar-refractivity contribution is 5.81. The van der Waals surface area contributed by atoms with Gasteiger partial charge in [0.15, 0.2) is 5.82 Å². The molecule has 4 heteroatoms. The van der Waals surface area contributed by atoms with E-state index in [-0.39, 0.29) is 11.3 Å². The summed E-state index contributed by atoms with van der Waals surface area (Å²) in [5.41, 5.74) is 0.272. The molecule has 0 aliphatic heterocycles. The molecule has 0 N–H and O–H groups in total. The molecular weight excluding hydrogens is 197 g/mol. The minimum Gasteiger partial charge on any atom is -0.427 e. The van der Waals surface area contributed by atoms with Gasteiger partial charge in [0, 0.05) is 24.6 Å². The summed E-state index contributed by atoms with van der Waals surface area (Å²) in [6.07, 6.45) is 1.51. The van der Waals surface area contributed by atoms with Gasteiger partial charge in [0.05, 0.1) is 0 Å². The molecular formula is C11H8FNO2. The van der Waals surface area contributed by atoms with E-state index in [1.54, 1.807) is 18.2 Å². The van der Waals surface area contributed by atoms with Crippen LogP contribution >= 0.6 is 0 Å². The van der Waals surface area contributed by atoms with E-state index in [2.05, 4.69) is 4.98 Å². The van der Waals surface area contributed by atoms with Gasteiger partial charge < -0.3 is 4.74 Å². The van der Waals surface area contributed by atoms with Crippen molar-refractivity contribution in [3.05, 3.63) is 36.3 Å². The number of fused-ring (bicyclic) bond motifs is 1. The SMILES string of the molecule is CC(=O)Oc1cc(F)c2ncccc2c1. The van der Waals surface area contributed by atoms with Crippen molar-refractivity contribution in [2.75, 3.05) is 0 Å². The van der Waals surface area contributed by atoms with Gasteiger partial charge >= 0.3 is 5.97 Å². The van der Waals surface area contributed by atoms with Gasteiger partial charge in [0.1, 0.15) is 11.3 Å². The van der Waals surface area contributed by atoms with Crippen molar-refractivity contribution in [3.8, 4) is 5.75 Å². The van der Waals surface area contributed by atoms with Crippen LogP contribution in [0.3, 0.4) is 0 Å². The molecule has 0 bridgehead atoms. The van der Waals surface area contributed by atoms with Crippen LogP contribution in [0, 0.1) is 5.82 Å². The summed E-state index contributed by atoms with van der Waals surface area (Å²) >= 11 is 0. The Morgan fingerprint density at radius 1 is 1.47 bits per heavy atom. The number of benzene rings is 1. The Morgan fingerprint density at radius 3 is 3.00 bits per heavy atom. The third-order valence-corrected chi connectivity index (χ3v) is 1.89. The van der Waals surface area contributed by atoms with E-state index < -0.39 is 11.8 Å². The normalized spacial score (nSPS) is 10.3. The van der Waals surface area contributed by atoms with E-state index in [0.29, 0.717) is 5.39 Å². The number of esters is 1. The first kappa shape index (κ1) is 9.58. The topological polar surface area (TPSA) is 39.2 Å². The highest BCUT2D eigenvalue weighted by Gasteiger charge is 2.06. The fraction of sp³-hybridized carbons (Fsp3) is 0.0909. The molecule has 0 aliphatic carbocycles. The Hall–Kier alpha value is -1.97. The summed E-state index contributed by atoms with van der Waals surface area (Å²) in [4.78, 5) is 14.6. The quantitative estimate of drug-likeness (QED) is 0.529. The number of carbonyl (C=O) groups excluding carboxylic acids is 1. The Morgan fingerprint density at radius 2 is 2.27 bits per heavy atom. The predicted molar refractivity (Wildman–Crippen MR) is 53.0 cm³/mol. The lowest BCUT2D eigenvalue weighted by molar-refractivity contribution is -0.131. The van der Waals surface area contributed by atoms with Gasteiger partial charge in [0.2, 0.25) is 0 Å². The zero-order chi connectivity index (χ0) is 10.8. The lowest BCUT2D eigenvalue weighted by atomic mass is 10.2. The Labute approximate surface area is 85.5 Å². The van der Waals surface area contributed by atoms with Crippen molar-refractivity contribution in [1.29, 1.82) is 0 Å². The lowest BCUT2D eigenvalue weighted by Crippen LogP contribution is -2.01. The largest absolute Gasteiger partial charge is 0.427 e. The van der Waals surface area contributed by atoms with Crippen LogP contribution in [0.15, 0.2) is 30.5 Å². The molecule has 0 saturated heterocycles. The number of nitrogens with zero attached hydrogens (tertiary/aromatic N) is 1. The van der Waals surface area contributed by atoms with Gasteiger partial charge in [-0.25, -0.2) is 4.39 Å². The minimum atomic E-state index is -0.496. The maximum atomic E-state index is 13.4. The molecule has 0 unspecified atom stereocenters. The van der Waals surface area contributed by atoms with Crippen LogP contribution in [0.2, 0.25) is 0 Å². The van der Waals surface area contributed by atoms with Gasteiger partial charge in [-0.15, -0.1) is 0 Å². The van der Waals surface area contributed by atoms with Crippen LogP contribution in [0.5, 0.6) is 5.75 Å². The molecule has 76 valence electrons. The van der Waals surface area contributed by atoms with Crippen molar-refractivity contribution < 1.29 is 13.9 Å². The molecule has 3 nitrogen and oxygen atoms in total. The number of carbonyl (C=O) groups is 1. The van der Waals surface area contributed by atoms with Crippen LogP contribution < -0.4 is 4.74 Å². The maximum Gasteiger partial charge on any atom is 0.308 e. The number of rotatable bonds is 1. The molecule has 0 spiro atoms. The van der Waals surface area contributed by atoms with Gasteiger partial charge in [-0.1, -0.05) is 6.07 Å². The molecule has 2 rings (SSSR count). The fourth-order valence-corrected chi connectivity index (χ4v) is 1.35. The van der Waals surface area contributed by atoms with Gasteiger partial charge in [-0.05, 0) is 12.1 Å². The lowest BCUT2D eigenvalue weighted by Gasteiger charge is -2.03. The molecule has 2 aromatic rings. The summed E-state index contributed by atoms with van der Waals surface area (Å²) in [6, 6.07) is 6.13. The Bertz CT molecular complexity index is 525. The van der Waals surface area contributed by atoms with E-state index in [9.17, 15) is 9.18 Å². The van der Waals surface area contributed by atoms with E-state index in [4.69, 9.17) is 4.74 Å². The second-order valence-corrected chi connectivity index (χ2v) is 3.07. The van der Waals surface area contributed by atoms with Gasteiger partial charge in [-0.2, -0.15) is 0 Å². The van der Waals surface area contributed by atoms with Crippen LogP contribution in [0.4, 0.5) is 4.39 Å². The summed E-state index contributed by atoms with van der Waals surface area (Å²) in [5.74, 6) is -0.775. The molecule has 0 aliphatic rings. The first-order valence-corrected chi connectivity index (χ1v) is 4.39. The zero-order valence-electron chi connectivity index (χ0n) is 8.03. The van der Waals surface area contributed by atoms with Crippen molar-refractivity contribution in [1.82, 2.24) is 4.98 Å². The summed E-state index contributed by atoms with van der Waals surface area (Å²) in [6.45, 7) is 1.27. The van der Waals surface area contributed by atoms with Crippen molar-refractivity contribution in [3.63, 3.8) is 0 Å². The number of ether oxygens (including phenoxy) is 1. The molecule has 15 heavy (non-hydrogen) atoms. The molecule has 0 saturated carbocycles. The van der Waals surface area contributed by atoms with Gasteiger partial charge in [-0.3, -0.25) is 9.78 Å². The van der Waals surface area contributed by atoms with Gasteiger partial charge in [0.25, 0.3) is 0 Å². The first-order chi connectivity index (χ1) is 7.16.